The first-order valence-corrected chi connectivity index (χ1v) is 4.12. The average molecular weight is 255 g/mol. The van der Waals surface area contributed by atoms with Crippen LogP contribution >= 0.6 is 22.9 Å². The van der Waals surface area contributed by atoms with Gasteiger partial charge in [-0.05, 0) is 0 Å². The van der Waals surface area contributed by atoms with Gasteiger partial charge in [-0.1, -0.05) is 0 Å². The molecular formula is C5H10IN3O. The van der Waals surface area contributed by atoms with Gasteiger partial charge in [0.15, 0.2) is 0 Å². The van der Waals surface area contributed by atoms with Crippen molar-refractivity contribution in [1.82, 2.24) is 8.01 Å². The molecule has 1 saturated heterocycles. The molecule has 0 aliphatic carbocycles. The van der Waals surface area contributed by atoms with Gasteiger partial charge in [0.1, 0.15) is 0 Å². The maximum absolute atomic E-state index is 10.6. The predicted molar refractivity (Wildman–Crippen MR) is 46.7 cm³/mol. The Labute approximate surface area is 73.8 Å². The van der Waals surface area contributed by atoms with Crippen LogP contribution in [0.15, 0.2) is 0 Å². The third-order valence-corrected chi connectivity index (χ3v) is 2.50. The van der Waals surface area contributed by atoms with Crippen LogP contribution < -0.4 is 5.73 Å². The second-order valence-electron chi connectivity index (χ2n) is 2.24. The van der Waals surface area contributed by atoms with E-state index >= 15 is 0 Å². The van der Waals surface area contributed by atoms with Gasteiger partial charge in [-0.25, -0.2) is 7.91 Å². The molecule has 1 rings (SSSR count). The number of nitrogens with two attached hydrogens (primary N) is 1. The predicted octanol–water partition coefficient (Wildman–Crippen LogP) is 0.0327. The van der Waals surface area contributed by atoms with E-state index in [4.69, 9.17) is 5.73 Å². The number of halogens is 1. The molecule has 0 aromatic carbocycles. The van der Waals surface area contributed by atoms with Crippen molar-refractivity contribution in [2.45, 2.75) is 0 Å². The van der Waals surface area contributed by atoms with Gasteiger partial charge in [0.25, 0.3) is 0 Å². The monoisotopic (exact) mass is 255 g/mol. The third kappa shape index (κ3) is 1.98. The zero-order valence-corrected chi connectivity index (χ0v) is 7.74. The maximum atomic E-state index is 10.6. The minimum atomic E-state index is -0.301. The van der Waals surface area contributed by atoms with Crippen LogP contribution in [0.5, 0.6) is 0 Å². The first kappa shape index (κ1) is 8.06. The number of urea groups is 1. The summed E-state index contributed by atoms with van der Waals surface area (Å²) in [5.74, 6) is 0. The number of hydrogen-bond donors (Lipinski definition) is 1. The molecule has 58 valence electrons. The van der Waals surface area contributed by atoms with Gasteiger partial charge in [0, 0.05) is 49.0 Å². The van der Waals surface area contributed by atoms with Crippen LogP contribution in [0.2, 0.25) is 0 Å². The third-order valence-electron chi connectivity index (χ3n) is 1.54. The molecule has 10 heavy (non-hydrogen) atoms. The van der Waals surface area contributed by atoms with Crippen molar-refractivity contribution in [3.05, 3.63) is 0 Å². The van der Waals surface area contributed by atoms with Crippen LogP contribution in [-0.2, 0) is 0 Å². The number of rotatable bonds is 0. The highest BCUT2D eigenvalue weighted by Crippen LogP contribution is 2.05. The second kappa shape index (κ2) is 3.38. The van der Waals surface area contributed by atoms with E-state index in [1.54, 1.807) is 4.90 Å². The van der Waals surface area contributed by atoms with E-state index in [1.165, 1.54) is 0 Å². The number of carbonyl (C=O) groups excluding carboxylic acids is 1. The van der Waals surface area contributed by atoms with Crippen molar-refractivity contribution in [3.63, 3.8) is 0 Å². The summed E-state index contributed by atoms with van der Waals surface area (Å²) in [5.41, 5.74) is 5.08. The Morgan fingerprint density at radius 3 is 2.20 bits per heavy atom. The summed E-state index contributed by atoms with van der Waals surface area (Å²) in [4.78, 5) is 12.3. The molecule has 4 nitrogen and oxygen atoms in total. The molecule has 1 heterocycles. The minimum absolute atomic E-state index is 0.301. The molecule has 0 radical (unpaired) electrons. The topological polar surface area (TPSA) is 49.6 Å². The van der Waals surface area contributed by atoms with Gasteiger partial charge in [-0.2, -0.15) is 0 Å². The fourth-order valence-corrected chi connectivity index (χ4v) is 1.33. The van der Waals surface area contributed by atoms with Crippen LogP contribution in [0.1, 0.15) is 0 Å². The number of piperazine rings is 1. The number of amides is 2. The van der Waals surface area contributed by atoms with Crippen LogP contribution in [0.25, 0.3) is 0 Å². The van der Waals surface area contributed by atoms with Crippen LogP contribution in [0.4, 0.5) is 4.79 Å². The lowest BCUT2D eigenvalue weighted by Gasteiger charge is -2.29. The van der Waals surface area contributed by atoms with Gasteiger partial charge >= 0.3 is 6.03 Å². The molecule has 0 spiro atoms. The summed E-state index contributed by atoms with van der Waals surface area (Å²) >= 11 is 2.24. The van der Waals surface area contributed by atoms with Gasteiger partial charge in [-0.15, -0.1) is 0 Å². The molecule has 2 N–H and O–H groups in total. The van der Waals surface area contributed by atoms with Crippen LogP contribution in [-0.4, -0.2) is 40.2 Å². The summed E-state index contributed by atoms with van der Waals surface area (Å²) in [6.07, 6.45) is 0. The summed E-state index contributed by atoms with van der Waals surface area (Å²) in [5, 5.41) is 0. The van der Waals surface area contributed by atoms with Gasteiger partial charge in [0.2, 0.25) is 0 Å². The van der Waals surface area contributed by atoms with Crippen molar-refractivity contribution < 1.29 is 4.79 Å². The summed E-state index contributed by atoms with van der Waals surface area (Å²) in [6, 6.07) is -0.301. The van der Waals surface area contributed by atoms with Crippen molar-refractivity contribution in [3.8, 4) is 0 Å². The zero-order valence-electron chi connectivity index (χ0n) is 5.59. The molecular weight excluding hydrogens is 245 g/mol. The maximum Gasteiger partial charge on any atom is 0.314 e. The fraction of sp³-hybridized carbons (Fsp3) is 0.800. The zero-order chi connectivity index (χ0) is 7.56. The molecule has 1 fully saturated rings. The van der Waals surface area contributed by atoms with E-state index in [0.717, 1.165) is 26.2 Å². The Bertz CT molecular complexity index is 133. The second-order valence-corrected chi connectivity index (χ2v) is 3.60. The summed E-state index contributed by atoms with van der Waals surface area (Å²) in [7, 11) is 0. The Morgan fingerprint density at radius 2 is 1.80 bits per heavy atom. The van der Waals surface area contributed by atoms with Crippen LogP contribution in [0.3, 0.4) is 0 Å². The largest absolute Gasteiger partial charge is 0.351 e. The lowest BCUT2D eigenvalue weighted by molar-refractivity contribution is 0.188. The van der Waals surface area contributed by atoms with E-state index in [0.29, 0.717) is 0 Å². The van der Waals surface area contributed by atoms with Crippen molar-refractivity contribution in [2.24, 2.45) is 5.73 Å². The van der Waals surface area contributed by atoms with Crippen molar-refractivity contribution >= 4 is 28.9 Å². The summed E-state index contributed by atoms with van der Waals surface area (Å²) < 4.78 is 2.15. The number of primary amides is 1. The normalized spacial score (nSPS) is 21.1. The van der Waals surface area contributed by atoms with Gasteiger partial charge in [-0.3, -0.25) is 0 Å². The molecule has 0 saturated carbocycles. The van der Waals surface area contributed by atoms with E-state index in [-0.39, 0.29) is 6.03 Å². The molecule has 1 aliphatic heterocycles. The first-order valence-electron chi connectivity index (χ1n) is 3.15. The SMILES string of the molecule is NC(=O)N1CCN(I)CC1. The molecule has 0 aromatic heterocycles. The van der Waals surface area contributed by atoms with Gasteiger partial charge < -0.3 is 10.6 Å². The highest BCUT2D eigenvalue weighted by Gasteiger charge is 2.16. The van der Waals surface area contributed by atoms with Crippen molar-refractivity contribution in [2.75, 3.05) is 26.2 Å². The molecule has 0 bridgehead atoms. The number of nitrogens with zero attached hydrogens (tertiary/aromatic N) is 2. The average Bonchev–Trinajstić information content (AvgIpc) is 1.88. The number of carbonyl (C=O) groups is 1. The first-order chi connectivity index (χ1) is 4.70. The smallest absolute Gasteiger partial charge is 0.314 e. The van der Waals surface area contributed by atoms with E-state index in [1.807, 2.05) is 0 Å². The lowest BCUT2D eigenvalue weighted by atomic mass is 10.4. The molecule has 1 aliphatic rings. The van der Waals surface area contributed by atoms with E-state index < -0.39 is 0 Å². The fourth-order valence-electron chi connectivity index (χ4n) is 0.902. The quantitative estimate of drug-likeness (QED) is 0.490. The van der Waals surface area contributed by atoms with Crippen molar-refractivity contribution in [1.29, 1.82) is 0 Å². The molecule has 0 aromatic rings. The Morgan fingerprint density at radius 1 is 1.30 bits per heavy atom. The molecule has 5 heteroatoms. The Balaban J connectivity index is 2.33. The molecule has 0 unspecified atom stereocenters. The lowest BCUT2D eigenvalue weighted by Crippen LogP contribution is -2.47. The summed E-state index contributed by atoms with van der Waals surface area (Å²) in [6.45, 7) is 3.36. The molecule has 2 amide bonds. The Kier molecular flexibility index (Phi) is 2.72. The minimum Gasteiger partial charge on any atom is -0.351 e. The Hall–Kier alpha value is -0.0400. The van der Waals surface area contributed by atoms with Gasteiger partial charge in [0.05, 0.1) is 0 Å². The van der Waals surface area contributed by atoms with E-state index in [2.05, 4.69) is 26.0 Å². The van der Waals surface area contributed by atoms with Crippen LogP contribution in [0, 0.1) is 0 Å². The standard InChI is InChI=1S/C5H10IN3O/c6-9-3-1-8(2-4-9)5(7)10/h1-4H2,(H2,7,10). The molecule has 0 atom stereocenters. The van der Waals surface area contributed by atoms with E-state index in [9.17, 15) is 4.79 Å². The highest BCUT2D eigenvalue weighted by atomic mass is 127. The highest BCUT2D eigenvalue weighted by molar-refractivity contribution is 14.1. The number of hydrogen-bond acceptors (Lipinski definition) is 2.